The number of likely N-dealkylation sites (N-methyl/N-ethyl adjacent to an activating group) is 1. The highest BCUT2D eigenvalue weighted by Gasteiger charge is 2.18. The van der Waals surface area contributed by atoms with Crippen LogP contribution in [0.1, 0.15) is 31.7 Å². The molecule has 19 heavy (non-hydrogen) atoms. The SMILES string of the molecule is CCNC(Cc1c(Br)c(C)nn1C)CC(C)COC. The summed E-state index contributed by atoms with van der Waals surface area (Å²) in [5.41, 5.74) is 2.31. The van der Waals surface area contributed by atoms with Gasteiger partial charge in [-0.05, 0) is 41.7 Å². The highest BCUT2D eigenvalue weighted by atomic mass is 79.9. The molecule has 0 saturated carbocycles. The van der Waals surface area contributed by atoms with E-state index >= 15 is 0 Å². The number of hydrogen-bond acceptors (Lipinski definition) is 3. The van der Waals surface area contributed by atoms with E-state index in [1.807, 2.05) is 18.7 Å². The van der Waals surface area contributed by atoms with Crippen LogP contribution in [0.25, 0.3) is 0 Å². The smallest absolute Gasteiger partial charge is 0.0738 e. The van der Waals surface area contributed by atoms with Crippen molar-refractivity contribution in [2.24, 2.45) is 13.0 Å². The number of methoxy groups -OCH3 is 1. The fourth-order valence-corrected chi connectivity index (χ4v) is 3.00. The molecule has 0 fully saturated rings. The number of nitrogens with zero attached hydrogens (tertiary/aromatic N) is 2. The van der Waals surface area contributed by atoms with Crippen molar-refractivity contribution in [3.05, 3.63) is 15.9 Å². The normalized spacial score (nSPS) is 14.6. The van der Waals surface area contributed by atoms with Gasteiger partial charge in [-0.25, -0.2) is 0 Å². The van der Waals surface area contributed by atoms with Gasteiger partial charge in [-0.3, -0.25) is 4.68 Å². The van der Waals surface area contributed by atoms with Crippen LogP contribution in [0, 0.1) is 12.8 Å². The second-order valence-electron chi connectivity index (χ2n) is 5.22. The van der Waals surface area contributed by atoms with Crippen molar-refractivity contribution < 1.29 is 4.74 Å². The number of halogens is 1. The minimum absolute atomic E-state index is 0.459. The van der Waals surface area contributed by atoms with Crippen LogP contribution in [0.3, 0.4) is 0 Å². The third-order valence-corrected chi connectivity index (χ3v) is 4.36. The molecular formula is C14H26BrN3O. The zero-order valence-electron chi connectivity index (χ0n) is 12.7. The van der Waals surface area contributed by atoms with E-state index < -0.39 is 0 Å². The molecule has 0 saturated heterocycles. The summed E-state index contributed by atoms with van der Waals surface area (Å²) < 4.78 is 8.34. The van der Waals surface area contributed by atoms with Crippen LogP contribution in [0.4, 0.5) is 0 Å². The van der Waals surface area contributed by atoms with Crippen LogP contribution in [0.5, 0.6) is 0 Å². The summed E-state index contributed by atoms with van der Waals surface area (Å²) in [6.45, 7) is 8.21. The first-order valence-electron chi connectivity index (χ1n) is 6.89. The van der Waals surface area contributed by atoms with Crippen molar-refractivity contribution >= 4 is 15.9 Å². The molecule has 110 valence electrons. The summed E-state index contributed by atoms with van der Waals surface area (Å²) in [5, 5.41) is 8.02. The highest BCUT2D eigenvalue weighted by Crippen LogP contribution is 2.23. The minimum atomic E-state index is 0.459. The molecule has 0 amide bonds. The molecule has 0 aromatic carbocycles. The number of ether oxygens (including phenoxy) is 1. The van der Waals surface area contributed by atoms with Gasteiger partial charge in [0.25, 0.3) is 0 Å². The van der Waals surface area contributed by atoms with E-state index in [4.69, 9.17) is 4.74 Å². The first-order chi connectivity index (χ1) is 8.99. The molecule has 0 aliphatic heterocycles. The quantitative estimate of drug-likeness (QED) is 0.796. The molecule has 1 aromatic heterocycles. The van der Waals surface area contributed by atoms with Gasteiger partial charge in [0.1, 0.15) is 0 Å². The maximum Gasteiger partial charge on any atom is 0.0738 e. The number of aromatic nitrogens is 2. The van der Waals surface area contributed by atoms with E-state index in [0.29, 0.717) is 12.0 Å². The molecule has 2 atom stereocenters. The minimum Gasteiger partial charge on any atom is -0.384 e. The first kappa shape index (κ1) is 16.7. The van der Waals surface area contributed by atoms with Crippen LogP contribution >= 0.6 is 15.9 Å². The Bertz CT molecular complexity index is 392. The molecule has 0 aliphatic rings. The highest BCUT2D eigenvalue weighted by molar-refractivity contribution is 9.10. The third kappa shape index (κ3) is 4.89. The molecule has 0 radical (unpaired) electrons. The standard InChI is InChI=1S/C14H26BrN3O/c1-6-16-12(7-10(2)9-19-5)8-13-14(15)11(3)17-18(13)4/h10,12,16H,6-9H2,1-5H3. The summed E-state index contributed by atoms with van der Waals surface area (Å²) >= 11 is 3.64. The van der Waals surface area contributed by atoms with Crippen molar-refractivity contribution in [2.75, 3.05) is 20.3 Å². The van der Waals surface area contributed by atoms with Crippen molar-refractivity contribution in [2.45, 2.75) is 39.7 Å². The molecule has 4 nitrogen and oxygen atoms in total. The average molecular weight is 332 g/mol. The molecule has 1 aromatic rings. The molecule has 0 spiro atoms. The van der Waals surface area contributed by atoms with Gasteiger partial charge in [-0.15, -0.1) is 0 Å². The van der Waals surface area contributed by atoms with Crippen molar-refractivity contribution in [1.82, 2.24) is 15.1 Å². The second-order valence-corrected chi connectivity index (χ2v) is 6.02. The zero-order valence-corrected chi connectivity index (χ0v) is 14.2. The predicted molar refractivity (Wildman–Crippen MR) is 82.5 cm³/mol. The Kier molecular flexibility index (Phi) is 7.04. The van der Waals surface area contributed by atoms with E-state index in [9.17, 15) is 0 Å². The van der Waals surface area contributed by atoms with E-state index in [1.54, 1.807) is 7.11 Å². The van der Waals surface area contributed by atoms with Crippen molar-refractivity contribution in [1.29, 1.82) is 0 Å². The third-order valence-electron chi connectivity index (χ3n) is 3.33. The maximum absolute atomic E-state index is 5.23. The van der Waals surface area contributed by atoms with Gasteiger partial charge in [0.2, 0.25) is 0 Å². The summed E-state index contributed by atoms with van der Waals surface area (Å²) in [6, 6.07) is 0.459. The van der Waals surface area contributed by atoms with Gasteiger partial charge in [0.05, 0.1) is 15.9 Å². The molecule has 5 heteroatoms. The van der Waals surface area contributed by atoms with E-state index in [-0.39, 0.29) is 0 Å². The van der Waals surface area contributed by atoms with E-state index in [0.717, 1.165) is 36.2 Å². The number of hydrogen-bond donors (Lipinski definition) is 1. The molecule has 1 rings (SSSR count). The topological polar surface area (TPSA) is 39.1 Å². The van der Waals surface area contributed by atoms with E-state index in [1.165, 1.54) is 5.69 Å². The number of aryl methyl sites for hydroxylation is 2. The molecule has 0 aliphatic carbocycles. The Morgan fingerprint density at radius 1 is 1.47 bits per heavy atom. The van der Waals surface area contributed by atoms with Crippen molar-refractivity contribution in [3.8, 4) is 0 Å². The van der Waals surface area contributed by atoms with Gasteiger partial charge >= 0.3 is 0 Å². The summed E-state index contributed by atoms with van der Waals surface area (Å²) in [7, 11) is 3.77. The van der Waals surface area contributed by atoms with Gasteiger partial charge in [-0.1, -0.05) is 13.8 Å². The van der Waals surface area contributed by atoms with Gasteiger partial charge in [0.15, 0.2) is 0 Å². The summed E-state index contributed by atoms with van der Waals surface area (Å²) in [6.07, 6.45) is 2.10. The van der Waals surface area contributed by atoms with Crippen molar-refractivity contribution in [3.63, 3.8) is 0 Å². The van der Waals surface area contributed by atoms with Gasteiger partial charge in [0, 0.05) is 33.2 Å². The summed E-state index contributed by atoms with van der Waals surface area (Å²) in [5.74, 6) is 0.558. The Hall–Kier alpha value is -0.390. The fraction of sp³-hybridized carbons (Fsp3) is 0.786. The van der Waals surface area contributed by atoms with Crippen LogP contribution in [0.2, 0.25) is 0 Å². The Balaban J connectivity index is 2.72. The lowest BCUT2D eigenvalue weighted by Gasteiger charge is -2.21. The molecule has 1 heterocycles. The molecule has 2 unspecified atom stereocenters. The average Bonchev–Trinajstić information content (AvgIpc) is 2.56. The largest absolute Gasteiger partial charge is 0.384 e. The molecule has 0 bridgehead atoms. The molecular weight excluding hydrogens is 306 g/mol. The zero-order chi connectivity index (χ0) is 14.4. The van der Waals surface area contributed by atoms with Gasteiger partial charge < -0.3 is 10.1 Å². The Labute approximate surface area is 125 Å². The Morgan fingerprint density at radius 3 is 2.63 bits per heavy atom. The monoisotopic (exact) mass is 331 g/mol. The van der Waals surface area contributed by atoms with Crippen LogP contribution < -0.4 is 5.32 Å². The van der Waals surface area contributed by atoms with Crippen LogP contribution in [-0.4, -0.2) is 36.1 Å². The lowest BCUT2D eigenvalue weighted by atomic mass is 9.98. The lowest BCUT2D eigenvalue weighted by molar-refractivity contribution is 0.149. The summed E-state index contributed by atoms with van der Waals surface area (Å²) in [4.78, 5) is 0. The Morgan fingerprint density at radius 2 is 2.16 bits per heavy atom. The fourth-order valence-electron chi connectivity index (χ4n) is 2.50. The second kappa shape index (κ2) is 8.02. The van der Waals surface area contributed by atoms with Crippen LogP contribution in [-0.2, 0) is 18.2 Å². The number of rotatable bonds is 8. The number of nitrogens with one attached hydrogen (secondary N) is 1. The lowest BCUT2D eigenvalue weighted by Crippen LogP contribution is -2.34. The van der Waals surface area contributed by atoms with E-state index in [2.05, 4.69) is 40.2 Å². The first-order valence-corrected chi connectivity index (χ1v) is 7.69. The van der Waals surface area contributed by atoms with Gasteiger partial charge in [-0.2, -0.15) is 5.10 Å². The maximum atomic E-state index is 5.23. The molecule has 1 N–H and O–H groups in total. The predicted octanol–water partition coefficient (Wildman–Crippen LogP) is 2.68. The van der Waals surface area contributed by atoms with Crippen LogP contribution in [0.15, 0.2) is 4.47 Å².